The highest BCUT2D eigenvalue weighted by Gasteiger charge is 2.14. The van der Waals surface area contributed by atoms with E-state index in [0.29, 0.717) is 17.9 Å². The van der Waals surface area contributed by atoms with Crippen molar-refractivity contribution in [2.45, 2.75) is 6.54 Å². The van der Waals surface area contributed by atoms with Crippen molar-refractivity contribution in [2.75, 3.05) is 5.32 Å². The molecular weight excluding hydrogens is 310 g/mol. The largest absolute Gasteiger partial charge is 0.451 e. The Morgan fingerprint density at radius 3 is 2.96 bits per heavy atom. The maximum absolute atomic E-state index is 12.4. The third-order valence-electron chi connectivity index (χ3n) is 3.49. The van der Waals surface area contributed by atoms with Crippen LogP contribution in [-0.2, 0) is 6.54 Å². The molecule has 3 aromatic heterocycles. The summed E-state index contributed by atoms with van der Waals surface area (Å²) in [7, 11) is 0. The van der Waals surface area contributed by atoms with Gasteiger partial charge in [0.25, 0.3) is 5.91 Å². The zero-order chi connectivity index (χ0) is 15.6. The molecule has 0 spiro atoms. The number of anilines is 1. The highest BCUT2D eigenvalue weighted by molar-refractivity contribution is 7.09. The third-order valence-corrected chi connectivity index (χ3v) is 4.35. The Labute approximate surface area is 136 Å². The first-order chi connectivity index (χ1) is 11.3. The van der Waals surface area contributed by atoms with Gasteiger partial charge in [-0.25, -0.2) is 4.68 Å². The predicted octanol–water partition coefficient (Wildman–Crippen LogP) is 3.99. The van der Waals surface area contributed by atoms with E-state index in [0.717, 1.165) is 5.39 Å². The monoisotopic (exact) mass is 323 g/mol. The van der Waals surface area contributed by atoms with Gasteiger partial charge in [-0.2, -0.15) is 5.10 Å². The van der Waals surface area contributed by atoms with Crippen LogP contribution >= 0.6 is 11.3 Å². The number of carbonyl (C=O) groups is 1. The second-order valence-corrected chi connectivity index (χ2v) is 6.09. The van der Waals surface area contributed by atoms with Gasteiger partial charge in [0.1, 0.15) is 11.4 Å². The fraction of sp³-hybridized carbons (Fsp3) is 0.0588. The lowest BCUT2D eigenvalue weighted by Crippen LogP contribution is -2.15. The number of hydrogen-bond acceptors (Lipinski definition) is 4. The quantitative estimate of drug-likeness (QED) is 0.618. The summed E-state index contributed by atoms with van der Waals surface area (Å²) >= 11 is 1.66. The molecule has 0 fully saturated rings. The number of hydrogen-bond donors (Lipinski definition) is 1. The molecule has 114 valence electrons. The number of amides is 1. The molecule has 0 aliphatic carbocycles. The van der Waals surface area contributed by atoms with E-state index in [2.05, 4.69) is 10.4 Å². The van der Waals surface area contributed by atoms with Gasteiger partial charge in [-0.3, -0.25) is 4.79 Å². The van der Waals surface area contributed by atoms with Crippen LogP contribution < -0.4 is 5.32 Å². The normalized spacial score (nSPS) is 11.0. The summed E-state index contributed by atoms with van der Waals surface area (Å²) < 4.78 is 7.34. The van der Waals surface area contributed by atoms with Gasteiger partial charge in [-0.15, -0.1) is 11.3 Å². The summed E-state index contributed by atoms with van der Waals surface area (Å²) in [6, 6.07) is 15.1. The van der Waals surface area contributed by atoms with Crippen LogP contribution in [0, 0.1) is 0 Å². The Morgan fingerprint density at radius 2 is 2.13 bits per heavy atom. The lowest BCUT2D eigenvalue weighted by Gasteiger charge is -2.06. The molecule has 23 heavy (non-hydrogen) atoms. The van der Waals surface area contributed by atoms with Crippen molar-refractivity contribution < 1.29 is 9.21 Å². The van der Waals surface area contributed by atoms with Gasteiger partial charge < -0.3 is 9.73 Å². The predicted molar refractivity (Wildman–Crippen MR) is 89.8 cm³/mol. The van der Waals surface area contributed by atoms with Crippen molar-refractivity contribution in [2.24, 2.45) is 0 Å². The van der Waals surface area contributed by atoms with Crippen molar-refractivity contribution in [3.05, 3.63) is 70.7 Å². The molecule has 1 amide bonds. The highest BCUT2D eigenvalue weighted by atomic mass is 32.1. The number of nitrogens with zero attached hydrogens (tertiary/aromatic N) is 2. The van der Waals surface area contributed by atoms with E-state index in [1.165, 1.54) is 4.88 Å². The smallest absolute Gasteiger partial charge is 0.292 e. The molecule has 0 unspecified atom stereocenters. The fourth-order valence-electron chi connectivity index (χ4n) is 2.39. The van der Waals surface area contributed by atoms with Gasteiger partial charge in [-0.1, -0.05) is 24.3 Å². The number of fused-ring (bicyclic) bond motifs is 1. The Morgan fingerprint density at radius 1 is 1.22 bits per heavy atom. The number of aromatic nitrogens is 2. The van der Waals surface area contributed by atoms with Crippen LogP contribution in [0.2, 0.25) is 0 Å². The Balaban J connectivity index is 1.56. The summed E-state index contributed by atoms with van der Waals surface area (Å²) in [4.78, 5) is 13.6. The van der Waals surface area contributed by atoms with Gasteiger partial charge in [-0.05, 0) is 23.6 Å². The molecule has 0 saturated heterocycles. The SMILES string of the molecule is O=C(Nc1ccnn1Cc1cccs1)c1cc2ccccc2o1. The van der Waals surface area contributed by atoms with Gasteiger partial charge in [0, 0.05) is 16.3 Å². The summed E-state index contributed by atoms with van der Waals surface area (Å²) in [5.74, 6) is 0.646. The summed E-state index contributed by atoms with van der Waals surface area (Å²) in [6.45, 7) is 0.625. The average molecular weight is 323 g/mol. The van der Waals surface area contributed by atoms with Gasteiger partial charge in [0.15, 0.2) is 5.76 Å². The molecule has 6 heteroatoms. The van der Waals surface area contributed by atoms with Gasteiger partial charge in [0.2, 0.25) is 0 Å². The Hall–Kier alpha value is -2.86. The fourth-order valence-corrected chi connectivity index (χ4v) is 3.07. The number of nitrogens with one attached hydrogen (secondary N) is 1. The van der Waals surface area contributed by atoms with Crippen LogP contribution in [0.1, 0.15) is 15.4 Å². The number of benzene rings is 1. The van der Waals surface area contributed by atoms with Crippen LogP contribution in [0.15, 0.2) is 64.5 Å². The van der Waals surface area contributed by atoms with Crippen LogP contribution in [0.3, 0.4) is 0 Å². The highest BCUT2D eigenvalue weighted by Crippen LogP contribution is 2.20. The second kappa shape index (κ2) is 5.73. The standard InChI is InChI=1S/C17H13N3O2S/c21-17(15-10-12-4-1-2-6-14(12)22-15)19-16-7-8-18-20(16)11-13-5-3-9-23-13/h1-10H,11H2,(H,19,21). The molecule has 0 atom stereocenters. The second-order valence-electron chi connectivity index (χ2n) is 5.06. The Bertz CT molecular complexity index is 920. The molecule has 0 aliphatic heterocycles. The minimum Gasteiger partial charge on any atom is -0.451 e. The molecule has 0 aliphatic rings. The van der Waals surface area contributed by atoms with Crippen molar-refractivity contribution in [3.8, 4) is 0 Å². The number of para-hydroxylation sites is 1. The lowest BCUT2D eigenvalue weighted by molar-refractivity contribution is 0.0997. The lowest BCUT2D eigenvalue weighted by atomic mass is 10.2. The molecule has 5 nitrogen and oxygen atoms in total. The van der Waals surface area contributed by atoms with Crippen molar-refractivity contribution in [3.63, 3.8) is 0 Å². The van der Waals surface area contributed by atoms with E-state index in [1.54, 1.807) is 34.3 Å². The van der Waals surface area contributed by atoms with E-state index in [4.69, 9.17) is 4.42 Å². The maximum atomic E-state index is 12.4. The van der Waals surface area contributed by atoms with Crippen LogP contribution in [0.25, 0.3) is 11.0 Å². The molecule has 4 rings (SSSR count). The number of carbonyl (C=O) groups excluding carboxylic acids is 1. The number of furan rings is 1. The average Bonchev–Trinajstić information content (AvgIpc) is 3.28. The number of rotatable bonds is 4. The summed E-state index contributed by atoms with van der Waals surface area (Å²) in [6.07, 6.45) is 1.67. The first-order valence-corrected chi connectivity index (χ1v) is 8.02. The van der Waals surface area contributed by atoms with E-state index in [9.17, 15) is 4.79 Å². The Kier molecular flexibility index (Phi) is 3.44. The van der Waals surface area contributed by atoms with Crippen LogP contribution in [0.4, 0.5) is 5.82 Å². The number of thiophene rings is 1. The summed E-state index contributed by atoms with van der Waals surface area (Å²) in [5, 5.41) is 10.0. The zero-order valence-corrected chi connectivity index (χ0v) is 12.9. The van der Waals surface area contributed by atoms with E-state index in [1.807, 2.05) is 41.8 Å². The minimum atomic E-state index is -0.283. The van der Waals surface area contributed by atoms with E-state index >= 15 is 0 Å². The molecular formula is C17H13N3O2S. The van der Waals surface area contributed by atoms with Gasteiger partial charge >= 0.3 is 0 Å². The van der Waals surface area contributed by atoms with E-state index < -0.39 is 0 Å². The van der Waals surface area contributed by atoms with Gasteiger partial charge in [0.05, 0.1) is 12.7 Å². The maximum Gasteiger partial charge on any atom is 0.292 e. The third kappa shape index (κ3) is 2.76. The van der Waals surface area contributed by atoms with E-state index in [-0.39, 0.29) is 11.7 Å². The summed E-state index contributed by atoms with van der Waals surface area (Å²) in [5.41, 5.74) is 0.699. The molecule has 0 saturated carbocycles. The van der Waals surface area contributed by atoms with Crippen molar-refractivity contribution in [1.82, 2.24) is 9.78 Å². The molecule has 3 heterocycles. The van der Waals surface area contributed by atoms with Crippen LogP contribution in [0.5, 0.6) is 0 Å². The topological polar surface area (TPSA) is 60.1 Å². The molecule has 1 aromatic carbocycles. The first-order valence-electron chi connectivity index (χ1n) is 7.14. The van der Waals surface area contributed by atoms with Crippen LogP contribution in [-0.4, -0.2) is 15.7 Å². The zero-order valence-electron chi connectivity index (χ0n) is 12.1. The van der Waals surface area contributed by atoms with Crippen molar-refractivity contribution >= 4 is 34.0 Å². The molecule has 1 N–H and O–H groups in total. The molecule has 0 radical (unpaired) electrons. The molecule has 4 aromatic rings. The van der Waals surface area contributed by atoms with Crippen molar-refractivity contribution in [1.29, 1.82) is 0 Å². The minimum absolute atomic E-state index is 0.283. The first kappa shape index (κ1) is 13.8. The molecule has 0 bridgehead atoms.